The Kier molecular flexibility index (Phi) is 9.10. The molecule has 2 nitrogen and oxygen atoms in total. The van der Waals surface area contributed by atoms with Crippen LogP contribution in [0.1, 0.15) is 12.8 Å². The predicted molar refractivity (Wildman–Crippen MR) is 86.7 cm³/mol. The molecule has 0 amide bonds. The third-order valence-corrected chi connectivity index (χ3v) is 4.06. The van der Waals surface area contributed by atoms with Gasteiger partial charge >= 0.3 is 0 Å². The smallest absolute Gasteiger partial charge is 0.194 e. The third kappa shape index (κ3) is 15.4. The highest BCUT2D eigenvalue weighted by atomic mass is 35.6. The Morgan fingerprint density at radius 2 is 1.00 bits per heavy atom. The van der Waals surface area contributed by atoms with E-state index < -0.39 is 17.4 Å². The van der Waals surface area contributed by atoms with Crippen LogP contribution in [-0.4, -0.2) is 27.5 Å². The zero-order valence-electron chi connectivity index (χ0n) is 9.63. The van der Waals surface area contributed by atoms with Gasteiger partial charge in [-0.15, -0.1) is 0 Å². The minimum Gasteiger partial charge on any atom is -0.228 e. The molecule has 0 radical (unpaired) electrons. The fourth-order valence-electron chi connectivity index (χ4n) is 0.931. The lowest BCUT2D eigenvalue weighted by atomic mass is 10.4. The van der Waals surface area contributed by atoms with Crippen LogP contribution in [0.4, 0.5) is 0 Å². The van der Waals surface area contributed by atoms with Gasteiger partial charge in [0.25, 0.3) is 0 Å². The predicted octanol–water partition coefficient (Wildman–Crippen LogP) is 5.03. The van der Waals surface area contributed by atoms with Gasteiger partial charge in [0.2, 0.25) is 0 Å². The van der Waals surface area contributed by atoms with E-state index in [1.54, 1.807) is 0 Å². The van der Waals surface area contributed by atoms with Crippen molar-refractivity contribution in [2.24, 2.45) is 0 Å². The molecule has 0 rings (SSSR count). The number of halogens is 6. The lowest BCUT2D eigenvalue weighted by Crippen LogP contribution is -2.08. The second kappa shape index (κ2) is 8.57. The van der Waals surface area contributed by atoms with Gasteiger partial charge in [-0.05, 0) is 0 Å². The van der Waals surface area contributed by atoms with Crippen LogP contribution in [0.2, 0.25) is 0 Å². The normalized spacial score (nSPS) is 14.6. The maximum absolute atomic E-state index is 11.6. The molecule has 0 unspecified atom stereocenters. The number of sulfone groups is 1. The van der Waals surface area contributed by atoms with Crippen molar-refractivity contribution < 1.29 is 8.42 Å². The van der Waals surface area contributed by atoms with Crippen molar-refractivity contribution in [2.45, 2.75) is 20.4 Å². The van der Waals surface area contributed by atoms with Gasteiger partial charge in [0.15, 0.2) is 17.4 Å². The topological polar surface area (TPSA) is 34.1 Å². The summed E-state index contributed by atoms with van der Waals surface area (Å²) in [5.74, 6) is -0.266. The zero-order valence-corrected chi connectivity index (χ0v) is 15.0. The summed E-state index contributed by atoms with van der Waals surface area (Å²) in [6.07, 6.45) is 6.21. The van der Waals surface area contributed by atoms with E-state index in [1.807, 2.05) is 0 Å². The van der Waals surface area contributed by atoms with Crippen molar-refractivity contribution in [1.29, 1.82) is 0 Å². The molecule has 0 atom stereocenters. The van der Waals surface area contributed by atoms with Crippen LogP contribution in [0.5, 0.6) is 0 Å². The Morgan fingerprint density at radius 3 is 1.26 bits per heavy atom. The second-order valence-corrected chi connectivity index (χ2v) is 10.8. The third-order valence-electron chi connectivity index (χ3n) is 1.73. The van der Waals surface area contributed by atoms with Crippen molar-refractivity contribution >= 4 is 79.4 Å². The average Bonchev–Trinajstić information content (AvgIpc) is 2.17. The first-order valence-electron chi connectivity index (χ1n) is 5.05. The van der Waals surface area contributed by atoms with E-state index in [9.17, 15) is 8.42 Å². The summed E-state index contributed by atoms with van der Waals surface area (Å²) in [6, 6.07) is 0. The van der Waals surface area contributed by atoms with E-state index in [2.05, 4.69) is 0 Å². The molecule has 112 valence electrons. The van der Waals surface area contributed by atoms with Crippen LogP contribution >= 0.6 is 69.6 Å². The first-order valence-corrected chi connectivity index (χ1v) is 9.14. The summed E-state index contributed by atoms with van der Waals surface area (Å²) in [7, 11) is -3.25. The van der Waals surface area contributed by atoms with E-state index in [4.69, 9.17) is 69.6 Å². The number of allylic oxidation sites excluding steroid dienone is 2. The second-order valence-electron chi connectivity index (χ2n) is 3.66. The van der Waals surface area contributed by atoms with Gasteiger partial charge in [-0.2, -0.15) is 0 Å². The van der Waals surface area contributed by atoms with Crippen LogP contribution in [-0.2, 0) is 9.84 Å². The summed E-state index contributed by atoms with van der Waals surface area (Å²) in [5, 5.41) is 0. The summed E-state index contributed by atoms with van der Waals surface area (Å²) < 4.78 is 20.3. The Balaban J connectivity index is 4.14. The van der Waals surface area contributed by atoms with Crippen LogP contribution < -0.4 is 0 Å². The molecular formula is C10H12Cl6O2S. The highest BCUT2D eigenvalue weighted by molar-refractivity contribution is 7.91. The Morgan fingerprint density at radius 1 is 0.684 bits per heavy atom. The highest BCUT2D eigenvalue weighted by Gasteiger charge is 2.17. The maximum atomic E-state index is 11.6. The highest BCUT2D eigenvalue weighted by Crippen LogP contribution is 2.30. The summed E-state index contributed by atoms with van der Waals surface area (Å²) in [6.45, 7) is 0. The van der Waals surface area contributed by atoms with Crippen LogP contribution in [0.3, 0.4) is 0 Å². The molecule has 0 aromatic rings. The summed E-state index contributed by atoms with van der Waals surface area (Å²) in [4.78, 5) is 0. The molecular weight excluding hydrogens is 397 g/mol. The van der Waals surface area contributed by atoms with Gasteiger partial charge in [0, 0.05) is 12.8 Å². The van der Waals surface area contributed by atoms with Crippen molar-refractivity contribution in [2.75, 3.05) is 11.5 Å². The summed E-state index contributed by atoms with van der Waals surface area (Å²) >= 11 is 33.1. The molecule has 0 bridgehead atoms. The first-order chi connectivity index (χ1) is 8.41. The van der Waals surface area contributed by atoms with E-state index in [-0.39, 0.29) is 24.3 Å². The molecule has 19 heavy (non-hydrogen) atoms. The number of hydrogen-bond donors (Lipinski definition) is 0. The van der Waals surface area contributed by atoms with Crippen molar-refractivity contribution in [3.8, 4) is 0 Å². The van der Waals surface area contributed by atoms with Crippen molar-refractivity contribution in [3.63, 3.8) is 0 Å². The zero-order chi connectivity index (χ0) is 15.2. The number of hydrogen-bond acceptors (Lipinski definition) is 2. The van der Waals surface area contributed by atoms with Gasteiger partial charge in [-0.1, -0.05) is 93.9 Å². The summed E-state index contributed by atoms with van der Waals surface area (Å²) in [5.41, 5.74) is 0. The van der Waals surface area contributed by atoms with Gasteiger partial charge in [0.1, 0.15) is 0 Å². The molecule has 0 aliphatic heterocycles. The Hall–Kier alpha value is 1.17. The fraction of sp³-hybridized carbons (Fsp3) is 0.600. The molecule has 0 aromatic heterocycles. The molecule has 0 fully saturated rings. The van der Waals surface area contributed by atoms with Gasteiger partial charge in [-0.25, -0.2) is 8.42 Å². The van der Waals surface area contributed by atoms with E-state index in [1.165, 1.54) is 24.3 Å². The molecule has 0 aliphatic rings. The Bertz CT molecular complexity index is 382. The number of alkyl halides is 6. The molecule has 0 aromatic carbocycles. The lowest BCUT2D eigenvalue weighted by molar-refractivity contribution is 0.601. The standard InChI is InChI=1S/C10H12Cl6O2S/c11-9(12,13)5-1-3-7-19(17,18)8-4-2-6-10(14,15)16/h1-4H,5-8H2. The van der Waals surface area contributed by atoms with Crippen molar-refractivity contribution in [3.05, 3.63) is 24.3 Å². The maximum Gasteiger partial charge on any atom is 0.194 e. The van der Waals surface area contributed by atoms with E-state index >= 15 is 0 Å². The van der Waals surface area contributed by atoms with Crippen LogP contribution in [0.15, 0.2) is 24.3 Å². The molecule has 0 saturated heterocycles. The van der Waals surface area contributed by atoms with Gasteiger partial charge < -0.3 is 0 Å². The SMILES string of the molecule is O=S(=O)(CC=CCC(Cl)(Cl)Cl)CC=CCC(Cl)(Cl)Cl. The van der Waals surface area contributed by atoms with Crippen LogP contribution in [0, 0.1) is 0 Å². The monoisotopic (exact) mass is 406 g/mol. The van der Waals surface area contributed by atoms with Crippen molar-refractivity contribution in [1.82, 2.24) is 0 Å². The van der Waals surface area contributed by atoms with Gasteiger partial charge in [-0.3, -0.25) is 0 Å². The molecule has 0 saturated carbocycles. The molecule has 0 heterocycles. The molecule has 0 aliphatic carbocycles. The van der Waals surface area contributed by atoms with Crippen LogP contribution in [0.25, 0.3) is 0 Å². The van der Waals surface area contributed by atoms with Gasteiger partial charge in [0.05, 0.1) is 11.5 Å². The molecule has 9 heteroatoms. The minimum atomic E-state index is -3.25. The molecule has 0 spiro atoms. The fourth-order valence-corrected chi connectivity index (χ4v) is 2.46. The van der Waals surface area contributed by atoms with E-state index in [0.29, 0.717) is 0 Å². The lowest BCUT2D eigenvalue weighted by Gasteiger charge is -2.06. The van der Waals surface area contributed by atoms with E-state index in [0.717, 1.165) is 0 Å². The molecule has 0 N–H and O–H groups in total. The largest absolute Gasteiger partial charge is 0.228 e. The Labute approximate surface area is 143 Å². The average molecular weight is 409 g/mol. The minimum absolute atomic E-state index is 0.133. The first kappa shape index (κ1) is 20.2. The number of rotatable bonds is 6. The quantitative estimate of drug-likeness (QED) is 0.456.